The van der Waals surface area contributed by atoms with Crippen LogP contribution in [0.1, 0.15) is 12.0 Å². The molecule has 0 aliphatic rings. The van der Waals surface area contributed by atoms with Gasteiger partial charge in [0.05, 0.1) is 31.7 Å². The van der Waals surface area contributed by atoms with Crippen LogP contribution in [0.2, 0.25) is 0 Å². The summed E-state index contributed by atoms with van der Waals surface area (Å²) >= 11 is 0. The molecule has 1 atom stereocenters. The standard InChI is InChI=1S/C22H22N2O7S/c1-30-17-7-8-21(32(28,29)24-16(14-25)12-22(26)27)20(13-17)31-11-9-15-4-2-6-19-18(15)5-3-10-23-19/h2-8,10,13-14,16,24H,9,11-12H2,1H3,(H,26,27). The number of fused-ring (bicyclic) bond motifs is 1. The number of aromatic nitrogens is 1. The molecule has 0 spiro atoms. The summed E-state index contributed by atoms with van der Waals surface area (Å²) in [6, 6.07) is 12.3. The van der Waals surface area contributed by atoms with Crippen LogP contribution < -0.4 is 14.2 Å². The lowest BCUT2D eigenvalue weighted by molar-refractivity contribution is -0.138. The highest BCUT2D eigenvalue weighted by Crippen LogP contribution is 2.29. The van der Waals surface area contributed by atoms with E-state index in [9.17, 15) is 18.0 Å². The lowest BCUT2D eigenvalue weighted by Crippen LogP contribution is -2.37. The Hall–Kier alpha value is -3.50. The fraction of sp³-hybridized carbons (Fsp3) is 0.227. The van der Waals surface area contributed by atoms with E-state index in [2.05, 4.69) is 9.71 Å². The molecule has 2 N–H and O–H groups in total. The first-order chi connectivity index (χ1) is 15.3. The molecular formula is C22H22N2O7S. The van der Waals surface area contributed by atoms with E-state index in [-0.39, 0.29) is 23.5 Å². The van der Waals surface area contributed by atoms with E-state index >= 15 is 0 Å². The second-order valence-electron chi connectivity index (χ2n) is 6.86. The van der Waals surface area contributed by atoms with Crippen molar-refractivity contribution in [3.63, 3.8) is 0 Å². The Morgan fingerprint density at radius 3 is 2.75 bits per heavy atom. The van der Waals surface area contributed by atoms with Crippen LogP contribution in [0.4, 0.5) is 0 Å². The molecule has 0 bridgehead atoms. The molecule has 1 aromatic heterocycles. The minimum atomic E-state index is -4.24. The quantitative estimate of drug-likeness (QED) is 0.418. The lowest BCUT2D eigenvalue weighted by atomic mass is 10.1. The lowest BCUT2D eigenvalue weighted by Gasteiger charge is -2.16. The summed E-state index contributed by atoms with van der Waals surface area (Å²) in [5, 5.41) is 9.84. The topological polar surface area (TPSA) is 132 Å². The van der Waals surface area contributed by atoms with Crippen molar-refractivity contribution in [3.8, 4) is 11.5 Å². The van der Waals surface area contributed by atoms with Crippen molar-refractivity contribution in [2.24, 2.45) is 0 Å². The molecule has 1 unspecified atom stereocenters. The Kier molecular flexibility index (Phi) is 7.39. The maximum absolute atomic E-state index is 12.8. The Labute approximate surface area is 185 Å². The first kappa shape index (κ1) is 23.2. The number of nitrogens with zero attached hydrogens (tertiary/aromatic N) is 1. The summed E-state index contributed by atoms with van der Waals surface area (Å²) in [7, 11) is -2.80. The molecule has 0 amide bonds. The van der Waals surface area contributed by atoms with Gasteiger partial charge in [0.2, 0.25) is 10.0 Å². The number of sulfonamides is 1. The van der Waals surface area contributed by atoms with Crippen LogP contribution in [0.3, 0.4) is 0 Å². The second-order valence-corrected chi connectivity index (χ2v) is 8.54. The number of benzene rings is 2. The van der Waals surface area contributed by atoms with Crippen LogP contribution in [0, 0.1) is 0 Å². The smallest absolute Gasteiger partial charge is 0.305 e. The Morgan fingerprint density at radius 1 is 1.22 bits per heavy atom. The molecule has 168 valence electrons. The molecule has 1 heterocycles. The van der Waals surface area contributed by atoms with E-state index < -0.39 is 28.5 Å². The molecule has 0 aliphatic carbocycles. The number of carboxylic acid groups (broad SMARTS) is 1. The molecule has 0 radical (unpaired) electrons. The average Bonchev–Trinajstić information content (AvgIpc) is 2.78. The van der Waals surface area contributed by atoms with Gasteiger partial charge in [0.1, 0.15) is 22.7 Å². The first-order valence-electron chi connectivity index (χ1n) is 9.67. The summed E-state index contributed by atoms with van der Waals surface area (Å²) < 4.78 is 38.7. The minimum absolute atomic E-state index is 0.0233. The number of hydrogen-bond donors (Lipinski definition) is 2. The van der Waals surface area contributed by atoms with E-state index in [1.807, 2.05) is 30.3 Å². The van der Waals surface area contributed by atoms with E-state index in [1.54, 1.807) is 6.20 Å². The summed E-state index contributed by atoms with van der Waals surface area (Å²) in [5.74, 6) is -0.901. The third-order valence-electron chi connectivity index (χ3n) is 4.67. The van der Waals surface area contributed by atoms with E-state index in [4.69, 9.17) is 14.6 Å². The van der Waals surface area contributed by atoms with Crippen molar-refractivity contribution in [2.75, 3.05) is 13.7 Å². The molecule has 2 aromatic carbocycles. The molecule has 0 saturated carbocycles. The van der Waals surface area contributed by atoms with Crippen molar-refractivity contribution in [3.05, 3.63) is 60.3 Å². The zero-order valence-electron chi connectivity index (χ0n) is 17.2. The molecule has 32 heavy (non-hydrogen) atoms. The Bertz CT molecular complexity index is 1220. The van der Waals surface area contributed by atoms with E-state index in [0.717, 1.165) is 16.5 Å². The third kappa shape index (κ3) is 5.59. The first-order valence-corrected chi connectivity index (χ1v) is 11.1. The van der Waals surface area contributed by atoms with Crippen molar-refractivity contribution < 1.29 is 32.6 Å². The number of carbonyl (C=O) groups excluding carboxylic acids is 1. The van der Waals surface area contributed by atoms with Crippen LogP contribution in [-0.2, 0) is 26.0 Å². The monoisotopic (exact) mass is 458 g/mol. The fourth-order valence-corrected chi connectivity index (χ4v) is 4.47. The maximum atomic E-state index is 12.8. The van der Waals surface area contributed by atoms with E-state index in [0.29, 0.717) is 12.2 Å². The summed E-state index contributed by atoms with van der Waals surface area (Å²) in [6.07, 6.45) is 1.76. The molecule has 3 rings (SSSR count). The van der Waals surface area contributed by atoms with Crippen LogP contribution in [0.15, 0.2) is 59.6 Å². The normalized spacial score (nSPS) is 12.3. The van der Waals surface area contributed by atoms with Crippen molar-refractivity contribution >= 4 is 33.2 Å². The predicted molar refractivity (Wildman–Crippen MR) is 116 cm³/mol. The van der Waals surface area contributed by atoms with Gasteiger partial charge >= 0.3 is 5.97 Å². The molecule has 10 heteroatoms. The zero-order chi connectivity index (χ0) is 23.1. The summed E-state index contributed by atoms with van der Waals surface area (Å²) in [5.41, 5.74) is 1.83. The van der Waals surface area contributed by atoms with Gasteiger partial charge in [-0.1, -0.05) is 18.2 Å². The predicted octanol–water partition coefficient (Wildman–Crippen LogP) is 2.19. The molecule has 0 aliphatic heterocycles. The minimum Gasteiger partial charge on any atom is -0.497 e. The number of hydrogen-bond acceptors (Lipinski definition) is 7. The maximum Gasteiger partial charge on any atom is 0.305 e. The average molecular weight is 458 g/mol. The highest BCUT2D eigenvalue weighted by molar-refractivity contribution is 7.89. The summed E-state index contributed by atoms with van der Waals surface area (Å²) in [4.78, 5) is 26.1. The van der Waals surface area contributed by atoms with Gasteiger partial charge in [-0.3, -0.25) is 9.78 Å². The number of nitrogens with one attached hydrogen (secondary N) is 1. The summed E-state index contributed by atoms with van der Waals surface area (Å²) in [6.45, 7) is 0.163. The van der Waals surface area contributed by atoms with Crippen molar-refractivity contribution in [1.29, 1.82) is 0 Å². The van der Waals surface area contributed by atoms with Gasteiger partial charge in [-0.05, 0) is 29.8 Å². The SMILES string of the molecule is COc1ccc(S(=O)(=O)NC(C=O)CC(=O)O)c(OCCc2cccc3ncccc23)c1. The van der Waals surface area contributed by atoms with Gasteiger partial charge in [-0.15, -0.1) is 0 Å². The molecule has 0 saturated heterocycles. The number of carbonyl (C=O) groups is 2. The molecule has 9 nitrogen and oxygen atoms in total. The molecule has 3 aromatic rings. The number of aliphatic carboxylic acids is 1. The van der Waals surface area contributed by atoms with Gasteiger partial charge in [0, 0.05) is 24.1 Å². The zero-order valence-corrected chi connectivity index (χ0v) is 18.0. The number of methoxy groups -OCH3 is 1. The van der Waals surface area contributed by atoms with Gasteiger partial charge in [0.25, 0.3) is 0 Å². The van der Waals surface area contributed by atoms with Gasteiger partial charge in [-0.25, -0.2) is 13.1 Å². The number of rotatable bonds is 11. The number of carboxylic acids is 1. The van der Waals surface area contributed by atoms with Gasteiger partial charge in [0.15, 0.2) is 0 Å². The largest absolute Gasteiger partial charge is 0.497 e. The van der Waals surface area contributed by atoms with Gasteiger partial charge in [-0.2, -0.15) is 0 Å². The van der Waals surface area contributed by atoms with Crippen molar-refractivity contribution in [1.82, 2.24) is 9.71 Å². The molecular weight excluding hydrogens is 436 g/mol. The number of pyridine rings is 1. The van der Waals surface area contributed by atoms with Crippen LogP contribution in [0.25, 0.3) is 10.9 Å². The Morgan fingerprint density at radius 2 is 2.03 bits per heavy atom. The number of aldehydes is 1. The van der Waals surface area contributed by atoms with E-state index in [1.165, 1.54) is 25.3 Å². The third-order valence-corrected chi connectivity index (χ3v) is 6.20. The number of ether oxygens (including phenoxy) is 2. The molecule has 0 fully saturated rings. The highest BCUT2D eigenvalue weighted by atomic mass is 32.2. The van der Waals surface area contributed by atoms with Crippen LogP contribution >= 0.6 is 0 Å². The fourth-order valence-electron chi connectivity index (χ4n) is 3.17. The van der Waals surface area contributed by atoms with Crippen LogP contribution in [0.5, 0.6) is 11.5 Å². The highest BCUT2D eigenvalue weighted by Gasteiger charge is 2.25. The Balaban J connectivity index is 1.82. The van der Waals surface area contributed by atoms with Crippen molar-refractivity contribution in [2.45, 2.75) is 23.8 Å². The second kappa shape index (κ2) is 10.2. The van der Waals surface area contributed by atoms with Crippen LogP contribution in [-0.4, -0.2) is 50.5 Å². The van der Waals surface area contributed by atoms with Gasteiger partial charge < -0.3 is 19.4 Å².